The molecule has 1 aromatic heterocycles. The number of hydrogen-bond donors (Lipinski definition) is 0. The van der Waals surface area contributed by atoms with Gasteiger partial charge in [-0.2, -0.15) is 27.9 Å². The Morgan fingerprint density at radius 3 is 2.14 bits per heavy atom. The van der Waals surface area contributed by atoms with Gasteiger partial charge in [-0.1, -0.05) is 45.0 Å². The molecule has 0 radical (unpaired) electrons. The van der Waals surface area contributed by atoms with Crippen LogP contribution in [-0.4, -0.2) is 9.78 Å². The van der Waals surface area contributed by atoms with Gasteiger partial charge in [-0.15, -0.1) is 41.1 Å². The molecule has 0 aliphatic rings. The number of aryl methyl sites for hydroxylation is 2. The molecule has 0 atom stereocenters. The molecule has 1 heterocycles. The monoisotopic (exact) mass is 498 g/mol. The maximum Gasteiger partial charge on any atom is 4.00 e. The maximum absolute atomic E-state index is 4.48. The third-order valence-corrected chi connectivity index (χ3v) is 5.09. The number of hydrogen-bond acceptors (Lipinski definition) is 1. The van der Waals surface area contributed by atoms with Crippen molar-refractivity contribution in [2.45, 2.75) is 20.8 Å². The van der Waals surface area contributed by atoms with Gasteiger partial charge < -0.3 is 24.8 Å². The summed E-state index contributed by atoms with van der Waals surface area (Å²) >= 11 is 0. The number of benzene rings is 2. The Balaban J connectivity index is 0.000000332. The van der Waals surface area contributed by atoms with Crippen molar-refractivity contribution >= 4 is 21.7 Å². The van der Waals surface area contributed by atoms with Crippen molar-refractivity contribution < 1.29 is 51.0 Å². The predicted octanol–water partition coefficient (Wildman–Crippen LogP) is 0.234. The minimum absolute atomic E-state index is 0. The quantitative estimate of drug-likeness (QED) is 0.302. The third kappa shape index (κ3) is 5.28. The smallest absolute Gasteiger partial charge is 1.00 e. The van der Waals surface area contributed by atoms with Crippen LogP contribution in [0.3, 0.4) is 0 Å². The molecule has 29 heavy (non-hydrogen) atoms. The van der Waals surface area contributed by atoms with E-state index in [2.05, 4.69) is 86.5 Å². The second-order valence-corrected chi connectivity index (χ2v) is 6.78. The number of aromatic nitrogens is 2. The van der Waals surface area contributed by atoms with Gasteiger partial charge in [0.15, 0.2) is 0 Å². The number of halogens is 2. The first-order valence-corrected chi connectivity index (χ1v) is 8.91. The Morgan fingerprint density at radius 1 is 0.897 bits per heavy atom. The summed E-state index contributed by atoms with van der Waals surface area (Å²) in [5, 5.41) is 8.16. The molecule has 0 fully saturated rings. The van der Waals surface area contributed by atoms with Crippen LogP contribution in [-0.2, 0) is 26.2 Å². The summed E-state index contributed by atoms with van der Waals surface area (Å²) in [6.45, 7) is 6.44. The summed E-state index contributed by atoms with van der Waals surface area (Å²) in [4.78, 5) is 0. The molecule has 0 N–H and O–H groups in total. The molecule has 5 aromatic rings. The van der Waals surface area contributed by atoms with E-state index in [1.165, 1.54) is 32.8 Å². The summed E-state index contributed by atoms with van der Waals surface area (Å²) in [5.74, 6) is 0. The molecule has 0 saturated heterocycles. The Bertz CT molecular complexity index is 1130. The Morgan fingerprint density at radius 2 is 1.55 bits per heavy atom. The second kappa shape index (κ2) is 10.9. The molecule has 5 heteroatoms. The van der Waals surface area contributed by atoms with Crippen molar-refractivity contribution in [1.29, 1.82) is 0 Å². The van der Waals surface area contributed by atoms with Crippen molar-refractivity contribution in [2.24, 2.45) is 0 Å². The van der Waals surface area contributed by atoms with Gasteiger partial charge in [0.2, 0.25) is 0 Å². The third-order valence-electron chi connectivity index (χ3n) is 5.09. The molecule has 0 aliphatic heterocycles. The van der Waals surface area contributed by atoms with Gasteiger partial charge in [0.25, 0.3) is 0 Å². The van der Waals surface area contributed by atoms with Crippen LogP contribution >= 0.6 is 0 Å². The second-order valence-electron chi connectivity index (χ2n) is 6.78. The molecule has 0 spiro atoms. The van der Waals surface area contributed by atoms with Crippen LogP contribution in [0.1, 0.15) is 16.7 Å². The van der Waals surface area contributed by atoms with E-state index in [1.54, 1.807) is 0 Å². The van der Waals surface area contributed by atoms with Crippen molar-refractivity contribution in [2.75, 3.05) is 0 Å². The van der Waals surface area contributed by atoms with E-state index < -0.39 is 0 Å². The zero-order valence-electron chi connectivity index (χ0n) is 16.7. The van der Waals surface area contributed by atoms with Crippen LogP contribution in [0.25, 0.3) is 27.4 Å². The van der Waals surface area contributed by atoms with Crippen molar-refractivity contribution in [3.05, 3.63) is 95.7 Å². The minimum atomic E-state index is 0. The molecule has 4 aromatic carbocycles. The van der Waals surface area contributed by atoms with Gasteiger partial charge in [-0.25, -0.2) is 6.07 Å². The summed E-state index contributed by atoms with van der Waals surface area (Å²) < 4.78 is 2.00. The molecule has 0 unspecified atom stereocenters. The zero-order chi connectivity index (χ0) is 18.1. The Labute approximate surface area is 203 Å². The molecular weight excluding hydrogens is 478 g/mol. The fourth-order valence-corrected chi connectivity index (χ4v) is 3.24. The van der Waals surface area contributed by atoms with Gasteiger partial charge in [0.1, 0.15) is 0 Å². The molecule has 0 amide bonds. The van der Waals surface area contributed by atoms with Gasteiger partial charge in [0.05, 0.1) is 11.7 Å². The zero-order valence-corrected chi connectivity index (χ0v) is 20.6. The fourth-order valence-electron chi connectivity index (χ4n) is 3.24. The first kappa shape index (κ1) is 25.4. The van der Waals surface area contributed by atoms with Crippen molar-refractivity contribution in [3.8, 4) is 5.69 Å². The molecule has 5 rings (SSSR count). The largest absolute Gasteiger partial charge is 4.00 e. The normalized spacial score (nSPS) is 9.76. The predicted molar refractivity (Wildman–Crippen MR) is 110 cm³/mol. The average molecular weight is 501 g/mol. The fraction of sp³-hybridized carbons (Fsp3) is 0.125. The van der Waals surface area contributed by atoms with Gasteiger partial charge in [0, 0.05) is 5.39 Å². The van der Waals surface area contributed by atoms with Gasteiger partial charge >= 0.3 is 26.2 Å². The number of fused-ring (bicyclic) bond motifs is 2. The standard InChI is InChI=1S/C16H11N2.C8H11.2ClH.Zr/c1-2-6-13-10-15(9-12(13)5-1)18-16-8-4-3-7-14(16)11-17-18;1-6-4-5-7(2)8(6)3;;;/h1-11H;4-5H,1-3H3;2*1H;/q2*-1;;;+4/p-2. The van der Waals surface area contributed by atoms with E-state index in [0.717, 1.165) is 11.2 Å². The minimum Gasteiger partial charge on any atom is -1.00 e. The summed E-state index contributed by atoms with van der Waals surface area (Å²) in [6, 6.07) is 25.3. The van der Waals surface area contributed by atoms with Crippen LogP contribution in [0.2, 0.25) is 0 Å². The Kier molecular flexibility index (Phi) is 9.56. The topological polar surface area (TPSA) is 17.8 Å². The molecule has 0 aliphatic carbocycles. The summed E-state index contributed by atoms with van der Waals surface area (Å²) in [7, 11) is 0. The first-order chi connectivity index (χ1) is 12.6. The van der Waals surface area contributed by atoms with E-state index in [9.17, 15) is 0 Å². The van der Waals surface area contributed by atoms with Crippen molar-refractivity contribution in [1.82, 2.24) is 9.78 Å². The molecule has 0 bridgehead atoms. The number of para-hydroxylation sites is 1. The van der Waals surface area contributed by atoms with Gasteiger partial charge in [-0.05, 0) is 11.8 Å². The molecule has 0 saturated carbocycles. The van der Waals surface area contributed by atoms with Crippen LogP contribution < -0.4 is 24.8 Å². The summed E-state index contributed by atoms with van der Waals surface area (Å²) in [6.07, 6.45) is 1.91. The van der Waals surface area contributed by atoms with E-state index in [-0.39, 0.29) is 51.0 Å². The molecular formula is C24H22Cl2N2Zr. The van der Waals surface area contributed by atoms with Crippen molar-refractivity contribution in [3.63, 3.8) is 0 Å². The average Bonchev–Trinajstić information content (AvgIpc) is 3.35. The van der Waals surface area contributed by atoms with Crippen LogP contribution in [0.4, 0.5) is 0 Å². The van der Waals surface area contributed by atoms with E-state index in [0.29, 0.717) is 0 Å². The van der Waals surface area contributed by atoms with Gasteiger partial charge in [-0.3, -0.25) is 4.68 Å². The molecule has 146 valence electrons. The number of nitrogens with zero attached hydrogens (tertiary/aromatic N) is 2. The van der Waals surface area contributed by atoms with E-state index >= 15 is 0 Å². The molecule has 2 nitrogen and oxygen atoms in total. The van der Waals surface area contributed by atoms with Crippen LogP contribution in [0, 0.1) is 20.8 Å². The maximum atomic E-state index is 4.48. The number of rotatable bonds is 1. The first-order valence-electron chi connectivity index (χ1n) is 8.91. The van der Waals surface area contributed by atoms with E-state index in [4.69, 9.17) is 0 Å². The SMILES string of the molecule is Cc1cc[c-](C)c1C.[Cl-].[Cl-].[Zr+4].c1ccc2[cH-]c(-n3ncc4ccccc43)cc2c1. The summed E-state index contributed by atoms with van der Waals surface area (Å²) in [5.41, 5.74) is 6.51. The Hall–Kier alpha value is -1.67. The van der Waals surface area contributed by atoms with Crippen LogP contribution in [0.15, 0.2) is 79.0 Å². The van der Waals surface area contributed by atoms with Crippen LogP contribution in [0.5, 0.6) is 0 Å². The van der Waals surface area contributed by atoms with E-state index in [1.807, 2.05) is 23.0 Å².